The molecule has 0 aromatic rings. The van der Waals surface area contributed by atoms with E-state index in [0.717, 1.165) is 19.3 Å². The van der Waals surface area contributed by atoms with E-state index in [0.29, 0.717) is 49.6 Å². The first kappa shape index (κ1) is 24.9. The van der Waals surface area contributed by atoms with Crippen LogP contribution in [0.1, 0.15) is 92.9 Å². The summed E-state index contributed by atoms with van der Waals surface area (Å²) in [6.07, 6.45) is 5.12. The van der Waals surface area contributed by atoms with Crippen LogP contribution in [0, 0.1) is 52.3 Å². The number of epoxide rings is 1. The quantitative estimate of drug-likeness (QED) is 0.570. The normalized spacial score (nSPS) is 52.1. The van der Waals surface area contributed by atoms with E-state index < -0.39 is 17.8 Å². The maximum atomic E-state index is 13.6. The smallest absolute Gasteiger partial charge is 0.136 e. The fourth-order valence-corrected chi connectivity index (χ4v) is 10.1. The zero-order chi connectivity index (χ0) is 24.8. The van der Waals surface area contributed by atoms with Gasteiger partial charge in [0, 0.05) is 25.2 Å². The molecule has 5 rings (SSSR count). The third-order valence-corrected chi connectivity index (χ3v) is 12.0. The van der Waals surface area contributed by atoms with Gasteiger partial charge in [0.1, 0.15) is 17.2 Å². The highest BCUT2D eigenvalue weighted by Crippen LogP contribution is 2.67. The highest BCUT2D eigenvalue weighted by atomic mass is 16.6. The van der Waals surface area contributed by atoms with E-state index in [9.17, 15) is 19.8 Å². The number of Topliss-reactive ketones (excluding diaryl/α,β-unsaturated/α-hetero) is 2. The lowest BCUT2D eigenvalue weighted by atomic mass is 9.44. The molecule has 5 nitrogen and oxygen atoms in total. The van der Waals surface area contributed by atoms with Gasteiger partial charge >= 0.3 is 0 Å². The van der Waals surface area contributed by atoms with Crippen molar-refractivity contribution < 1.29 is 24.5 Å². The van der Waals surface area contributed by atoms with Crippen LogP contribution >= 0.6 is 0 Å². The van der Waals surface area contributed by atoms with Crippen LogP contribution in [0.2, 0.25) is 0 Å². The molecule has 1 saturated heterocycles. The summed E-state index contributed by atoms with van der Waals surface area (Å²) in [4.78, 5) is 25.8. The number of aliphatic hydroxyl groups is 2. The van der Waals surface area contributed by atoms with Crippen LogP contribution in [0.25, 0.3) is 0 Å². The Balaban J connectivity index is 1.38. The average molecular weight is 475 g/mol. The Bertz CT molecular complexity index is 853. The summed E-state index contributed by atoms with van der Waals surface area (Å²) >= 11 is 0. The van der Waals surface area contributed by atoms with Crippen LogP contribution < -0.4 is 0 Å². The summed E-state index contributed by atoms with van der Waals surface area (Å²) in [5, 5.41) is 22.6. The molecular formula is C29H46O5. The van der Waals surface area contributed by atoms with Crippen molar-refractivity contribution >= 4 is 11.6 Å². The molecule has 4 aliphatic carbocycles. The van der Waals surface area contributed by atoms with Gasteiger partial charge in [0.25, 0.3) is 0 Å². The summed E-state index contributed by atoms with van der Waals surface area (Å²) in [6.45, 7) is 13.1. The summed E-state index contributed by atoms with van der Waals surface area (Å²) in [7, 11) is 0. The van der Waals surface area contributed by atoms with E-state index in [2.05, 4.69) is 34.6 Å². The van der Waals surface area contributed by atoms with Crippen LogP contribution in [0.15, 0.2) is 0 Å². The lowest BCUT2D eigenvalue weighted by molar-refractivity contribution is -0.159. The Morgan fingerprint density at radius 2 is 1.74 bits per heavy atom. The molecular weight excluding hydrogens is 428 g/mol. The summed E-state index contributed by atoms with van der Waals surface area (Å²) in [6, 6.07) is 0. The van der Waals surface area contributed by atoms with E-state index in [1.54, 1.807) is 0 Å². The van der Waals surface area contributed by atoms with Gasteiger partial charge in [-0.25, -0.2) is 0 Å². The molecule has 1 heterocycles. The van der Waals surface area contributed by atoms with E-state index in [1.165, 1.54) is 0 Å². The Labute approximate surface area is 205 Å². The van der Waals surface area contributed by atoms with Crippen molar-refractivity contribution in [2.75, 3.05) is 0 Å². The molecule has 0 unspecified atom stereocenters. The molecule has 34 heavy (non-hydrogen) atoms. The van der Waals surface area contributed by atoms with Crippen molar-refractivity contribution in [1.29, 1.82) is 0 Å². The van der Waals surface area contributed by atoms with E-state index >= 15 is 0 Å². The Kier molecular flexibility index (Phi) is 5.94. The third-order valence-electron chi connectivity index (χ3n) is 12.0. The molecule has 192 valence electrons. The molecule has 0 aromatic heterocycles. The molecule has 12 atom stereocenters. The molecule has 0 radical (unpaired) electrons. The Hall–Kier alpha value is -0.780. The molecule has 0 amide bonds. The van der Waals surface area contributed by atoms with Crippen molar-refractivity contribution in [3.05, 3.63) is 0 Å². The standard InChI is InChI=1S/C29H46O5/c1-15(2)29(17(4)34-29)24(33)11-16(3)26-23(32)14-21-25-20(8-10-28(21,26)6)27(5)9-7-19(30)12-18(27)13-22(25)31/h15-18,20-21,23-26,32-33H,7-14H2,1-6H3/t16-,17-,18-,20+,21+,23+,24+,25-,26+,27+,28+,29+/m1/s1. The molecule has 2 N–H and O–H groups in total. The number of fused-ring (bicyclic) bond motifs is 5. The minimum atomic E-state index is -0.542. The topological polar surface area (TPSA) is 87.1 Å². The van der Waals surface area contributed by atoms with Gasteiger partial charge < -0.3 is 14.9 Å². The number of carbonyl (C=O) groups is 2. The lowest BCUT2D eigenvalue weighted by Crippen LogP contribution is -2.57. The van der Waals surface area contributed by atoms with Crippen LogP contribution in [0.5, 0.6) is 0 Å². The minimum Gasteiger partial charge on any atom is -0.393 e. The minimum absolute atomic E-state index is 0.0127. The van der Waals surface area contributed by atoms with Gasteiger partial charge in [-0.05, 0) is 85.4 Å². The SMILES string of the molecule is CC(C)[C@]1([C@@H](O)C[C@@H](C)[C@H]2[C@@H](O)C[C@H]3[C@@H]4C(=O)C[C@H]5CC(=O)CC[C@]5(C)[C@H]4CC[C@]23C)O[C@@H]1C. The first-order valence-corrected chi connectivity index (χ1v) is 13.9. The second kappa shape index (κ2) is 8.11. The molecule has 5 aliphatic rings. The monoisotopic (exact) mass is 474 g/mol. The van der Waals surface area contributed by atoms with E-state index in [-0.39, 0.29) is 52.4 Å². The van der Waals surface area contributed by atoms with Crippen LogP contribution in [0.4, 0.5) is 0 Å². The predicted molar refractivity (Wildman–Crippen MR) is 130 cm³/mol. The van der Waals surface area contributed by atoms with Crippen LogP contribution in [-0.4, -0.2) is 45.7 Å². The maximum Gasteiger partial charge on any atom is 0.136 e. The molecule has 0 aromatic carbocycles. The van der Waals surface area contributed by atoms with Crippen molar-refractivity contribution in [1.82, 2.24) is 0 Å². The molecule has 1 aliphatic heterocycles. The summed E-state index contributed by atoms with van der Waals surface area (Å²) < 4.78 is 5.92. The number of aliphatic hydroxyl groups excluding tert-OH is 2. The van der Waals surface area contributed by atoms with Gasteiger partial charge in [-0.15, -0.1) is 0 Å². The van der Waals surface area contributed by atoms with Crippen molar-refractivity contribution in [3.8, 4) is 0 Å². The van der Waals surface area contributed by atoms with Gasteiger partial charge in [-0.2, -0.15) is 0 Å². The van der Waals surface area contributed by atoms with E-state index in [1.807, 2.05) is 6.92 Å². The van der Waals surface area contributed by atoms with Gasteiger partial charge in [0.05, 0.1) is 18.3 Å². The predicted octanol–water partition coefficient (Wildman–Crippen LogP) is 4.56. The second-order valence-electron chi connectivity index (χ2n) is 13.7. The molecule has 0 bridgehead atoms. The number of ketones is 2. The Morgan fingerprint density at radius 3 is 2.35 bits per heavy atom. The first-order chi connectivity index (χ1) is 15.9. The Morgan fingerprint density at radius 1 is 1.06 bits per heavy atom. The molecule has 0 spiro atoms. The lowest BCUT2D eigenvalue weighted by Gasteiger charge is -2.59. The van der Waals surface area contributed by atoms with Gasteiger partial charge in [0.2, 0.25) is 0 Å². The van der Waals surface area contributed by atoms with Crippen molar-refractivity contribution in [2.24, 2.45) is 52.3 Å². The maximum absolute atomic E-state index is 13.6. The fourth-order valence-electron chi connectivity index (χ4n) is 10.1. The number of carbonyl (C=O) groups excluding carboxylic acids is 2. The zero-order valence-electron chi connectivity index (χ0n) is 22.0. The number of hydrogen-bond acceptors (Lipinski definition) is 5. The van der Waals surface area contributed by atoms with Crippen molar-refractivity contribution in [2.45, 2.75) is 117 Å². The number of hydrogen-bond donors (Lipinski definition) is 2. The summed E-state index contributed by atoms with van der Waals surface area (Å²) in [5.74, 6) is 1.90. The number of rotatable bonds is 5. The molecule has 4 saturated carbocycles. The van der Waals surface area contributed by atoms with Gasteiger partial charge in [0.15, 0.2) is 0 Å². The van der Waals surface area contributed by atoms with Crippen LogP contribution in [0.3, 0.4) is 0 Å². The highest BCUT2D eigenvalue weighted by molar-refractivity contribution is 5.86. The van der Waals surface area contributed by atoms with Gasteiger partial charge in [-0.1, -0.05) is 34.6 Å². The zero-order valence-corrected chi connectivity index (χ0v) is 22.0. The van der Waals surface area contributed by atoms with Crippen molar-refractivity contribution in [3.63, 3.8) is 0 Å². The first-order valence-electron chi connectivity index (χ1n) is 13.9. The largest absolute Gasteiger partial charge is 0.393 e. The van der Waals surface area contributed by atoms with E-state index in [4.69, 9.17) is 4.74 Å². The third kappa shape index (κ3) is 3.35. The number of ether oxygens (including phenoxy) is 1. The highest BCUT2D eigenvalue weighted by Gasteiger charge is 2.66. The second-order valence-corrected chi connectivity index (χ2v) is 13.7. The van der Waals surface area contributed by atoms with Gasteiger partial charge in [-0.3, -0.25) is 9.59 Å². The molecule has 5 fully saturated rings. The molecule has 5 heteroatoms. The fraction of sp³-hybridized carbons (Fsp3) is 0.931. The average Bonchev–Trinajstić information content (AvgIpc) is 3.36. The summed E-state index contributed by atoms with van der Waals surface area (Å²) in [5.41, 5.74) is -0.483. The van der Waals surface area contributed by atoms with Crippen LogP contribution in [-0.2, 0) is 14.3 Å².